The molecule has 0 fully saturated rings. The van der Waals surface area contributed by atoms with Crippen LogP contribution in [0.2, 0.25) is 4.34 Å². The van der Waals surface area contributed by atoms with Gasteiger partial charge in [0.15, 0.2) is 0 Å². The van der Waals surface area contributed by atoms with Gasteiger partial charge in [-0.3, -0.25) is 0 Å². The second-order valence-electron chi connectivity index (χ2n) is 4.86. The molecule has 0 radical (unpaired) electrons. The first-order valence-electron chi connectivity index (χ1n) is 6.58. The van der Waals surface area contributed by atoms with E-state index < -0.39 is 0 Å². The van der Waals surface area contributed by atoms with Crippen molar-refractivity contribution in [1.29, 1.82) is 0 Å². The minimum atomic E-state index is 0.221. The zero-order valence-electron chi connectivity index (χ0n) is 10.8. The van der Waals surface area contributed by atoms with Crippen molar-refractivity contribution >= 4 is 28.8 Å². The number of hydrogen-bond donors (Lipinski definition) is 1. The van der Waals surface area contributed by atoms with Gasteiger partial charge < -0.3 is 5.32 Å². The Morgan fingerprint density at radius 3 is 2.89 bits per heavy atom. The van der Waals surface area contributed by atoms with Gasteiger partial charge in [-0.05, 0) is 44.7 Å². The summed E-state index contributed by atoms with van der Waals surface area (Å²) in [6, 6.07) is 4.23. The maximum atomic E-state index is 5.99. The zero-order valence-corrected chi connectivity index (χ0v) is 12.4. The maximum Gasteiger partial charge on any atom is 0.133 e. The summed E-state index contributed by atoms with van der Waals surface area (Å²) >= 11 is 7.60. The SMILES string of the molecule is CC(Nc1ncnc2c1CCCC2)c1ccc(Cl)s1. The average molecular weight is 294 g/mol. The molecule has 100 valence electrons. The third kappa shape index (κ3) is 2.74. The predicted molar refractivity (Wildman–Crippen MR) is 80.0 cm³/mol. The van der Waals surface area contributed by atoms with Gasteiger partial charge in [0.2, 0.25) is 0 Å². The first-order valence-corrected chi connectivity index (χ1v) is 7.78. The van der Waals surface area contributed by atoms with Crippen LogP contribution in [0.5, 0.6) is 0 Å². The van der Waals surface area contributed by atoms with Crippen LogP contribution in [0.15, 0.2) is 18.5 Å². The minimum absolute atomic E-state index is 0.221. The van der Waals surface area contributed by atoms with Crippen molar-refractivity contribution in [2.75, 3.05) is 5.32 Å². The largest absolute Gasteiger partial charge is 0.362 e. The first-order chi connectivity index (χ1) is 9.24. The van der Waals surface area contributed by atoms with E-state index >= 15 is 0 Å². The Labute approximate surface area is 122 Å². The van der Waals surface area contributed by atoms with Crippen molar-refractivity contribution in [2.24, 2.45) is 0 Å². The molecular weight excluding hydrogens is 278 g/mol. The number of aromatic nitrogens is 2. The molecule has 3 rings (SSSR count). The summed E-state index contributed by atoms with van der Waals surface area (Å²) in [6.07, 6.45) is 6.29. The third-order valence-electron chi connectivity index (χ3n) is 3.50. The van der Waals surface area contributed by atoms with E-state index in [1.807, 2.05) is 6.07 Å². The van der Waals surface area contributed by atoms with Gasteiger partial charge in [0.25, 0.3) is 0 Å². The van der Waals surface area contributed by atoms with Crippen LogP contribution in [0.25, 0.3) is 0 Å². The van der Waals surface area contributed by atoms with E-state index in [-0.39, 0.29) is 6.04 Å². The molecule has 0 aliphatic heterocycles. The topological polar surface area (TPSA) is 37.8 Å². The fourth-order valence-corrected chi connectivity index (χ4v) is 3.55. The van der Waals surface area contributed by atoms with Crippen molar-refractivity contribution in [2.45, 2.75) is 38.6 Å². The summed E-state index contributed by atoms with van der Waals surface area (Å²) in [6.45, 7) is 2.14. The standard InChI is InChI=1S/C14H16ClN3S/c1-9(12-6-7-13(15)19-12)18-14-10-4-2-3-5-11(10)16-8-17-14/h6-9H,2-5H2,1H3,(H,16,17,18). The Hall–Kier alpha value is -1.13. The lowest BCUT2D eigenvalue weighted by Crippen LogP contribution is -2.14. The molecule has 0 saturated carbocycles. The number of halogens is 1. The van der Waals surface area contributed by atoms with Crippen molar-refractivity contribution < 1.29 is 0 Å². The molecule has 1 unspecified atom stereocenters. The second-order valence-corrected chi connectivity index (χ2v) is 6.61. The van der Waals surface area contributed by atoms with Crippen molar-refractivity contribution in [1.82, 2.24) is 9.97 Å². The number of rotatable bonds is 3. The van der Waals surface area contributed by atoms with Gasteiger partial charge >= 0.3 is 0 Å². The molecule has 2 aromatic heterocycles. The van der Waals surface area contributed by atoms with Gasteiger partial charge in [0.05, 0.1) is 10.4 Å². The highest BCUT2D eigenvalue weighted by Gasteiger charge is 2.17. The molecule has 3 nitrogen and oxygen atoms in total. The van der Waals surface area contributed by atoms with Crippen molar-refractivity contribution in [3.63, 3.8) is 0 Å². The molecular formula is C14H16ClN3S. The van der Waals surface area contributed by atoms with Gasteiger partial charge in [-0.1, -0.05) is 11.6 Å². The van der Waals surface area contributed by atoms with Gasteiger partial charge in [-0.25, -0.2) is 9.97 Å². The molecule has 1 aliphatic rings. The minimum Gasteiger partial charge on any atom is -0.362 e. The molecule has 1 atom stereocenters. The van der Waals surface area contributed by atoms with Crippen LogP contribution in [0.4, 0.5) is 5.82 Å². The average Bonchev–Trinajstić information content (AvgIpc) is 2.86. The Kier molecular flexibility index (Phi) is 3.71. The van der Waals surface area contributed by atoms with Crippen molar-refractivity contribution in [3.8, 4) is 0 Å². The Morgan fingerprint density at radius 1 is 1.26 bits per heavy atom. The Morgan fingerprint density at radius 2 is 2.11 bits per heavy atom. The number of nitrogens with one attached hydrogen (secondary N) is 1. The third-order valence-corrected chi connectivity index (χ3v) is 4.91. The monoisotopic (exact) mass is 293 g/mol. The van der Waals surface area contributed by atoms with E-state index in [0.29, 0.717) is 0 Å². The molecule has 0 saturated heterocycles. The highest BCUT2D eigenvalue weighted by Crippen LogP contribution is 2.31. The highest BCUT2D eigenvalue weighted by atomic mass is 35.5. The Bertz CT molecular complexity index is 582. The fraction of sp³-hybridized carbons (Fsp3) is 0.429. The molecule has 5 heteroatoms. The number of aryl methyl sites for hydroxylation is 1. The van der Waals surface area contributed by atoms with E-state index in [1.54, 1.807) is 17.7 Å². The molecule has 1 aliphatic carbocycles. The van der Waals surface area contributed by atoms with E-state index in [0.717, 1.165) is 23.0 Å². The quantitative estimate of drug-likeness (QED) is 0.919. The molecule has 2 heterocycles. The summed E-state index contributed by atoms with van der Waals surface area (Å²) in [5.41, 5.74) is 2.50. The molecule has 0 spiro atoms. The first kappa shape index (κ1) is 12.9. The van der Waals surface area contributed by atoms with E-state index in [1.165, 1.54) is 29.0 Å². The summed E-state index contributed by atoms with van der Waals surface area (Å²) in [7, 11) is 0. The van der Waals surface area contributed by atoms with Crippen LogP contribution in [0.1, 0.15) is 41.9 Å². The Balaban J connectivity index is 1.83. The molecule has 0 amide bonds. The summed E-state index contributed by atoms with van der Waals surface area (Å²) in [4.78, 5) is 10.0. The van der Waals surface area contributed by atoms with Crippen molar-refractivity contribution in [3.05, 3.63) is 38.9 Å². The lowest BCUT2D eigenvalue weighted by Gasteiger charge is -2.20. The second kappa shape index (κ2) is 5.47. The van der Waals surface area contributed by atoms with E-state index in [9.17, 15) is 0 Å². The number of nitrogens with zero attached hydrogens (tertiary/aromatic N) is 2. The highest BCUT2D eigenvalue weighted by molar-refractivity contribution is 7.16. The maximum absolute atomic E-state index is 5.99. The molecule has 2 aromatic rings. The molecule has 19 heavy (non-hydrogen) atoms. The van der Waals surface area contributed by atoms with Crippen LogP contribution in [-0.2, 0) is 12.8 Å². The van der Waals surface area contributed by atoms with Gasteiger partial charge in [-0.15, -0.1) is 11.3 Å². The lowest BCUT2D eigenvalue weighted by atomic mass is 9.96. The number of anilines is 1. The van der Waals surface area contributed by atoms with E-state index in [2.05, 4.69) is 28.3 Å². The van der Waals surface area contributed by atoms with Crippen LogP contribution in [0.3, 0.4) is 0 Å². The molecule has 0 bridgehead atoms. The van der Waals surface area contributed by atoms with E-state index in [4.69, 9.17) is 11.6 Å². The van der Waals surface area contributed by atoms with Crippen LogP contribution in [-0.4, -0.2) is 9.97 Å². The van der Waals surface area contributed by atoms with Gasteiger partial charge in [0, 0.05) is 16.1 Å². The van der Waals surface area contributed by atoms with Crippen LogP contribution in [0, 0.1) is 0 Å². The molecule has 0 aromatic carbocycles. The lowest BCUT2D eigenvalue weighted by molar-refractivity contribution is 0.661. The number of hydrogen-bond acceptors (Lipinski definition) is 4. The normalized spacial score (nSPS) is 15.9. The smallest absolute Gasteiger partial charge is 0.133 e. The van der Waals surface area contributed by atoms with Crippen LogP contribution >= 0.6 is 22.9 Å². The van der Waals surface area contributed by atoms with Gasteiger partial charge in [-0.2, -0.15) is 0 Å². The fourth-order valence-electron chi connectivity index (χ4n) is 2.48. The summed E-state index contributed by atoms with van der Waals surface area (Å²) in [5.74, 6) is 0.988. The summed E-state index contributed by atoms with van der Waals surface area (Å²) in [5, 5.41) is 3.50. The predicted octanol–water partition coefficient (Wildman–Crippen LogP) is 4.24. The zero-order chi connectivity index (χ0) is 13.2. The number of thiophene rings is 1. The van der Waals surface area contributed by atoms with Crippen LogP contribution < -0.4 is 5.32 Å². The summed E-state index contributed by atoms with van der Waals surface area (Å²) < 4.78 is 0.827. The molecule has 1 N–H and O–H groups in total. The number of fused-ring (bicyclic) bond motifs is 1. The van der Waals surface area contributed by atoms with Gasteiger partial charge in [0.1, 0.15) is 12.1 Å².